The van der Waals surface area contributed by atoms with Crippen LogP contribution in [0.3, 0.4) is 0 Å². The van der Waals surface area contributed by atoms with Crippen LogP contribution < -0.4 is 0 Å². The molecule has 0 aliphatic carbocycles. The van der Waals surface area contributed by atoms with E-state index in [2.05, 4.69) is 46.4 Å². The summed E-state index contributed by atoms with van der Waals surface area (Å²) in [5, 5.41) is 12.9. The van der Waals surface area contributed by atoms with Crippen molar-refractivity contribution >= 4 is 59.3 Å². The van der Waals surface area contributed by atoms with E-state index < -0.39 is 6.10 Å². The van der Waals surface area contributed by atoms with E-state index in [0.717, 1.165) is 20.6 Å². The number of unbranched alkanes of at least 4 members (excludes halogenated alkanes) is 7. The second kappa shape index (κ2) is 10.4. The molecule has 1 nitrogen and oxygen atoms in total. The van der Waals surface area contributed by atoms with Gasteiger partial charge in [-0.15, -0.1) is 34.0 Å². The van der Waals surface area contributed by atoms with E-state index >= 15 is 0 Å². The van der Waals surface area contributed by atoms with Gasteiger partial charge in [0.15, 0.2) is 0 Å². The van der Waals surface area contributed by atoms with Crippen LogP contribution in [0.5, 0.6) is 0 Å². The van der Waals surface area contributed by atoms with E-state index in [4.69, 9.17) is 0 Å². The number of rotatable bonds is 11. The highest BCUT2D eigenvalue weighted by atomic mass is 79.9. The summed E-state index contributed by atoms with van der Waals surface area (Å²) in [6.07, 6.45) is 11.4. The van der Waals surface area contributed by atoms with E-state index in [1.807, 2.05) is 0 Å². The van der Waals surface area contributed by atoms with Gasteiger partial charge >= 0.3 is 0 Å². The Morgan fingerprint density at radius 2 is 1.69 bits per heavy atom. The Morgan fingerprint density at radius 1 is 0.962 bits per heavy atom. The lowest BCUT2D eigenvalue weighted by atomic mass is 10.1. The van der Waals surface area contributed by atoms with Crippen molar-refractivity contribution in [1.29, 1.82) is 0 Å². The SMILES string of the molecule is CCCCCCCCCCc1cc(Br)c(C(O)c2cc3sccc3s2)s1. The lowest BCUT2D eigenvalue weighted by Crippen LogP contribution is -1.94. The average Bonchev–Trinajstić information content (AvgIpc) is 3.31. The van der Waals surface area contributed by atoms with Crippen LogP contribution in [-0.4, -0.2) is 5.11 Å². The number of aryl methyl sites for hydroxylation is 1. The summed E-state index contributed by atoms with van der Waals surface area (Å²) in [6.45, 7) is 2.27. The summed E-state index contributed by atoms with van der Waals surface area (Å²) in [6, 6.07) is 6.48. The van der Waals surface area contributed by atoms with Gasteiger partial charge < -0.3 is 5.11 Å². The fourth-order valence-electron chi connectivity index (χ4n) is 3.22. The van der Waals surface area contributed by atoms with Crippen LogP contribution >= 0.6 is 49.9 Å². The highest BCUT2D eigenvalue weighted by molar-refractivity contribution is 9.10. The molecular weight excluding hydrogens is 444 g/mol. The Bertz CT molecular complexity index is 773. The number of fused-ring (bicyclic) bond motifs is 1. The van der Waals surface area contributed by atoms with Crippen LogP contribution in [0.2, 0.25) is 0 Å². The van der Waals surface area contributed by atoms with Crippen molar-refractivity contribution in [3.63, 3.8) is 0 Å². The first-order chi connectivity index (χ1) is 12.7. The molecule has 0 spiro atoms. The second-order valence-electron chi connectivity index (χ2n) is 6.85. The zero-order valence-electron chi connectivity index (χ0n) is 15.3. The minimum atomic E-state index is -0.508. The third kappa shape index (κ3) is 5.41. The van der Waals surface area contributed by atoms with Gasteiger partial charge in [0.1, 0.15) is 6.10 Å². The summed E-state index contributed by atoms with van der Waals surface area (Å²) in [7, 11) is 0. The van der Waals surface area contributed by atoms with Crippen molar-refractivity contribution in [1.82, 2.24) is 0 Å². The van der Waals surface area contributed by atoms with E-state index in [0.29, 0.717) is 0 Å². The van der Waals surface area contributed by atoms with Crippen LogP contribution in [0.25, 0.3) is 9.40 Å². The van der Waals surface area contributed by atoms with Gasteiger partial charge in [0.2, 0.25) is 0 Å². The fraction of sp³-hybridized carbons (Fsp3) is 0.524. The van der Waals surface area contributed by atoms with Gasteiger partial charge in [-0.3, -0.25) is 0 Å². The maximum absolute atomic E-state index is 10.8. The molecular formula is C21H27BrOS3. The van der Waals surface area contributed by atoms with Gasteiger partial charge in [-0.2, -0.15) is 0 Å². The molecule has 0 saturated carbocycles. The van der Waals surface area contributed by atoms with Gasteiger partial charge in [-0.1, -0.05) is 51.9 Å². The van der Waals surface area contributed by atoms with Crippen LogP contribution in [0, 0.1) is 0 Å². The van der Waals surface area contributed by atoms with Crippen molar-refractivity contribution in [3.8, 4) is 0 Å². The largest absolute Gasteiger partial charge is 0.382 e. The quantitative estimate of drug-likeness (QED) is 0.278. The number of halogens is 1. The van der Waals surface area contributed by atoms with E-state index in [1.54, 1.807) is 34.0 Å². The van der Waals surface area contributed by atoms with Gasteiger partial charge in [-0.25, -0.2) is 0 Å². The molecule has 0 amide bonds. The molecule has 0 aliphatic heterocycles. The summed E-state index contributed by atoms with van der Waals surface area (Å²) >= 11 is 8.87. The molecule has 3 aromatic rings. The Morgan fingerprint density at radius 3 is 2.42 bits per heavy atom. The summed E-state index contributed by atoms with van der Waals surface area (Å²) in [5.74, 6) is 0. The van der Waals surface area contributed by atoms with E-state index in [1.165, 1.54) is 65.6 Å². The first-order valence-corrected chi connectivity index (χ1v) is 12.9. The van der Waals surface area contributed by atoms with Gasteiger partial charge in [0.25, 0.3) is 0 Å². The predicted molar refractivity (Wildman–Crippen MR) is 122 cm³/mol. The zero-order valence-corrected chi connectivity index (χ0v) is 19.3. The van der Waals surface area contributed by atoms with Gasteiger partial charge in [0, 0.05) is 23.6 Å². The highest BCUT2D eigenvalue weighted by Gasteiger charge is 2.20. The number of thiophene rings is 3. The molecule has 0 aromatic carbocycles. The van der Waals surface area contributed by atoms with Crippen molar-refractivity contribution in [2.45, 2.75) is 70.8 Å². The Kier molecular flexibility index (Phi) is 8.19. The molecule has 26 heavy (non-hydrogen) atoms. The number of aliphatic hydroxyl groups is 1. The van der Waals surface area contributed by atoms with E-state index in [-0.39, 0.29) is 0 Å². The molecule has 1 N–H and O–H groups in total. The predicted octanol–water partition coefficient (Wildman–Crippen LogP) is 8.55. The number of hydrogen-bond acceptors (Lipinski definition) is 4. The standard InChI is InChI=1S/C21H27BrOS3/c1-2-3-4-5-6-7-8-9-10-15-13-16(22)21(25-15)20(23)19-14-18-17(26-19)11-12-24-18/h11-14,20,23H,2-10H2,1H3. The maximum atomic E-state index is 10.8. The second-order valence-corrected chi connectivity index (χ2v) is 10.9. The fourth-order valence-corrected chi connectivity index (χ4v) is 7.40. The highest BCUT2D eigenvalue weighted by Crippen LogP contribution is 2.41. The van der Waals surface area contributed by atoms with Crippen molar-refractivity contribution < 1.29 is 5.11 Å². The smallest absolute Gasteiger partial charge is 0.123 e. The molecule has 0 fully saturated rings. The molecule has 3 heterocycles. The molecule has 0 aliphatic rings. The molecule has 1 atom stereocenters. The number of hydrogen-bond donors (Lipinski definition) is 1. The molecule has 1 unspecified atom stereocenters. The lowest BCUT2D eigenvalue weighted by Gasteiger charge is -2.06. The van der Waals surface area contributed by atoms with Gasteiger partial charge in [0.05, 0.1) is 4.88 Å². The Balaban J connectivity index is 1.48. The molecule has 3 aromatic heterocycles. The van der Waals surface area contributed by atoms with Crippen LogP contribution in [-0.2, 0) is 6.42 Å². The molecule has 142 valence electrons. The molecule has 0 radical (unpaired) electrons. The molecule has 3 rings (SSSR count). The topological polar surface area (TPSA) is 20.2 Å². The lowest BCUT2D eigenvalue weighted by molar-refractivity contribution is 0.227. The van der Waals surface area contributed by atoms with E-state index in [9.17, 15) is 5.11 Å². The molecule has 0 bridgehead atoms. The van der Waals surface area contributed by atoms with Crippen molar-refractivity contribution in [3.05, 3.63) is 42.7 Å². The molecule has 5 heteroatoms. The van der Waals surface area contributed by atoms with Crippen LogP contribution in [0.15, 0.2) is 28.1 Å². The monoisotopic (exact) mass is 470 g/mol. The minimum absolute atomic E-state index is 0.508. The third-order valence-electron chi connectivity index (χ3n) is 4.72. The van der Waals surface area contributed by atoms with Gasteiger partial charge in [-0.05, 0) is 52.4 Å². The van der Waals surface area contributed by atoms with Crippen LogP contribution in [0.4, 0.5) is 0 Å². The summed E-state index contributed by atoms with van der Waals surface area (Å²) in [5.41, 5.74) is 0. The zero-order chi connectivity index (χ0) is 18.4. The molecule has 0 saturated heterocycles. The van der Waals surface area contributed by atoms with Crippen molar-refractivity contribution in [2.75, 3.05) is 0 Å². The maximum Gasteiger partial charge on any atom is 0.123 e. The Labute approximate surface area is 177 Å². The summed E-state index contributed by atoms with van der Waals surface area (Å²) in [4.78, 5) is 3.48. The first kappa shape index (κ1) is 20.5. The minimum Gasteiger partial charge on any atom is -0.382 e. The average molecular weight is 472 g/mol. The number of aliphatic hydroxyl groups excluding tert-OH is 1. The first-order valence-electron chi connectivity index (χ1n) is 9.62. The summed E-state index contributed by atoms with van der Waals surface area (Å²) < 4.78 is 3.60. The van der Waals surface area contributed by atoms with Crippen molar-refractivity contribution in [2.24, 2.45) is 0 Å². The van der Waals surface area contributed by atoms with Crippen LogP contribution in [0.1, 0.15) is 79.0 Å². The normalized spacial score (nSPS) is 12.9. The Hall–Kier alpha value is -0.200. The third-order valence-corrected chi connectivity index (χ3v) is 9.03.